The molecule has 4 rings (SSSR count). The summed E-state index contributed by atoms with van der Waals surface area (Å²) >= 11 is 9.02. The lowest BCUT2D eigenvalue weighted by atomic mass is 9.93. The van der Waals surface area contributed by atoms with Gasteiger partial charge >= 0.3 is 0 Å². The van der Waals surface area contributed by atoms with E-state index in [0.29, 0.717) is 6.42 Å². The zero-order chi connectivity index (χ0) is 17.4. The van der Waals surface area contributed by atoms with E-state index >= 15 is 0 Å². The second-order valence-corrected chi connectivity index (χ2v) is 8.68. The fraction of sp³-hybridized carbons (Fsp3) is 0.353. The molecule has 3 aromatic heterocycles. The van der Waals surface area contributed by atoms with Crippen LogP contribution >= 0.6 is 34.3 Å². The number of halogens is 1. The van der Waals surface area contributed by atoms with Gasteiger partial charge in [-0.05, 0) is 31.4 Å². The van der Waals surface area contributed by atoms with E-state index < -0.39 is 0 Å². The highest BCUT2D eigenvalue weighted by Crippen LogP contribution is 2.33. The average molecular weight is 393 g/mol. The third-order valence-electron chi connectivity index (χ3n) is 4.39. The van der Waals surface area contributed by atoms with Crippen molar-refractivity contribution in [3.8, 4) is 9.88 Å². The minimum absolute atomic E-state index is 0.00256. The fourth-order valence-corrected chi connectivity index (χ4v) is 5.13. The molecule has 1 atom stereocenters. The molecule has 0 aromatic carbocycles. The minimum Gasteiger partial charge on any atom is -0.349 e. The van der Waals surface area contributed by atoms with Crippen molar-refractivity contribution in [1.82, 2.24) is 20.1 Å². The van der Waals surface area contributed by atoms with Crippen LogP contribution in [-0.2, 0) is 24.7 Å². The standard InChI is InChI=1S/C17H17ClN4OS2/c1-22-13-4-2-3-12(11(13)8-19-22)21-16(23)7-10-9-24-17(20-10)14-5-6-15(18)25-14/h5-6,8-9,12H,2-4,7H2,1H3,(H,21,23)/t12-/m1/s1. The predicted molar refractivity (Wildman–Crippen MR) is 101 cm³/mol. The second kappa shape index (κ2) is 6.90. The van der Waals surface area contributed by atoms with Crippen molar-refractivity contribution in [2.45, 2.75) is 31.7 Å². The van der Waals surface area contributed by atoms with Crippen LogP contribution < -0.4 is 5.32 Å². The molecule has 1 aliphatic rings. The molecule has 0 aliphatic heterocycles. The van der Waals surface area contributed by atoms with Gasteiger partial charge in [-0.2, -0.15) is 5.10 Å². The Hall–Kier alpha value is -1.70. The van der Waals surface area contributed by atoms with E-state index in [1.165, 1.54) is 17.0 Å². The first-order valence-electron chi connectivity index (χ1n) is 8.10. The largest absolute Gasteiger partial charge is 0.349 e. The molecular formula is C17H17ClN4OS2. The SMILES string of the molecule is Cn1ncc2c1CCC[C@H]2NC(=O)Cc1csc(-c2ccc(Cl)s2)n1. The summed E-state index contributed by atoms with van der Waals surface area (Å²) in [6.07, 6.45) is 5.22. The molecule has 0 unspecified atom stereocenters. The smallest absolute Gasteiger partial charge is 0.226 e. The normalized spacial score (nSPS) is 16.6. The first-order chi connectivity index (χ1) is 12.1. The third kappa shape index (κ3) is 3.49. The average Bonchev–Trinajstić information content (AvgIpc) is 3.29. The summed E-state index contributed by atoms with van der Waals surface area (Å²) < 4.78 is 2.65. The van der Waals surface area contributed by atoms with Crippen LogP contribution in [0.15, 0.2) is 23.7 Å². The molecule has 3 heterocycles. The lowest BCUT2D eigenvalue weighted by Crippen LogP contribution is -2.32. The van der Waals surface area contributed by atoms with E-state index in [1.54, 1.807) is 11.3 Å². The molecule has 0 saturated carbocycles. The molecule has 25 heavy (non-hydrogen) atoms. The topological polar surface area (TPSA) is 59.8 Å². The van der Waals surface area contributed by atoms with E-state index in [4.69, 9.17) is 11.6 Å². The van der Waals surface area contributed by atoms with Crippen LogP contribution in [0.5, 0.6) is 0 Å². The Morgan fingerprint density at radius 3 is 3.16 bits per heavy atom. The van der Waals surface area contributed by atoms with Crippen LogP contribution in [0.2, 0.25) is 4.34 Å². The quantitative estimate of drug-likeness (QED) is 0.730. The number of aromatic nitrogens is 3. The number of nitrogens with zero attached hydrogens (tertiary/aromatic N) is 3. The van der Waals surface area contributed by atoms with Gasteiger partial charge in [0.2, 0.25) is 5.91 Å². The molecule has 0 radical (unpaired) electrons. The molecule has 0 spiro atoms. The molecule has 1 aliphatic carbocycles. The zero-order valence-electron chi connectivity index (χ0n) is 13.7. The van der Waals surface area contributed by atoms with Crippen molar-refractivity contribution in [3.05, 3.63) is 45.0 Å². The Bertz CT molecular complexity index is 914. The highest BCUT2D eigenvalue weighted by atomic mass is 35.5. The number of hydrogen-bond acceptors (Lipinski definition) is 5. The van der Waals surface area contributed by atoms with Crippen molar-refractivity contribution in [1.29, 1.82) is 0 Å². The Morgan fingerprint density at radius 2 is 2.36 bits per heavy atom. The Morgan fingerprint density at radius 1 is 1.48 bits per heavy atom. The van der Waals surface area contributed by atoms with Crippen LogP contribution in [-0.4, -0.2) is 20.7 Å². The number of nitrogens with one attached hydrogen (secondary N) is 1. The monoisotopic (exact) mass is 392 g/mol. The Kier molecular flexibility index (Phi) is 4.62. The van der Waals surface area contributed by atoms with Crippen LogP contribution in [0, 0.1) is 0 Å². The van der Waals surface area contributed by atoms with E-state index in [1.807, 2.05) is 35.4 Å². The van der Waals surface area contributed by atoms with Crippen molar-refractivity contribution in [2.24, 2.45) is 7.05 Å². The van der Waals surface area contributed by atoms with E-state index in [-0.39, 0.29) is 11.9 Å². The van der Waals surface area contributed by atoms with Gasteiger partial charge in [-0.3, -0.25) is 9.48 Å². The Labute approximate surface area is 158 Å². The van der Waals surface area contributed by atoms with Gasteiger partial charge in [0.15, 0.2) is 0 Å². The second-order valence-electron chi connectivity index (χ2n) is 6.11. The number of thiazole rings is 1. The maximum Gasteiger partial charge on any atom is 0.226 e. The van der Waals surface area contributed by atoms with Gasteiger partial charge in [0, 0.05) is 23.7 Å². The molecule has 8 heteroatoms. The maximum atomic E-state index is 12.5. The van der Waals surface area contributed by atoms with Crippen molar-refractivity contribution in [2.75, 3.05) is 0 Å². The fourth-order valence-electron chi connectivity index (χ4n) is 3.20. The number of fused-ring (bicyclic) bond motifs is 1. The number of carbonyl (C=O) groups is 1. The van der Waals surface area contributed by atoms with E-state index in [0.717, 1.165) is 44.7 Å². The summed E-state index contributed by atoms with van der Waals surface area (Å²) in [6, 6.07) is 3.88. The minimum atomic E-state index is 0.00256. The van der Waals surface area contributed by atoms with Gasteiger partial charge in [0.25, 0.3) is 0 Å². The molecule has 0 bridgehead atoms. The summed E-state index contributed by atoms with van der Waals surface area (Å²) in [5.74, 6) is 0.00256. The van der Waals surface area contributed by atoms with E-state index in [9.17, 15) is 4.79 Å². The zero-order valence-corrected chi connectivity index (χ0v) is 16.0. The van der Waals surface area contributed by atoms with Crippen LogP contribution in [0.3, 0.4) is 0 Å². The first kappa shape index (κ1) is 16.8. The van der Waals surface area contributed by atoms with Gasteiger partial charge < -0.3 is 5.32 Å². The van der Waals surface area contributed by atoms with Gasteiger partial charge in [0.1, 0.15) is 5.01 Å². The number of amides is 1. The summed E-state index contributed by atoms with van der Waals surface area (Å²) in [4.78, 5) is 18.1. The van der Waals surface area contributed by atoms with Crippen molar-refractivity contribution < 1.29 is 4.79 Å². The first-order valence-corrected chi connectivity index (χ1v) is 10.2. The van der Waals surface area contributed by atoms with Crippen molar-refractivity contribution >= 4 is 40.2 Å². The number of hydrogen-bond donors (Lipinski definition) is 1. The molecule has 1 amide bonds. The number of carbonyl (C=O) groups excluding carboxylic acids is 1. The summed E-state index contributed by atoms with van der Waals surface area (Å²) in [5.41, 5.74) is 3.17. The molecule has 130 valence electrons. The van der Waals surface area contributed by atoms with Gasteiger partial charge in [-0.15, -0.1) is 22.7 Å². The molecule has 1 N–H and O–H groups in total. The Balaban J connectivity index is 1.42. The number of rotatable bonds is 4. The van der Waals surface area contributed by atoms with Gasteiger partial charge in [0.05, 0.1) is 33.6 Å². The predicted octanol–water partition coefficient (Wildman–Crippen LogP) is 3.99. The van der Waals surface area contributed by atoms with E-state index in [2.05, 4.69) is 15.4 Å². The van der Waals surface area contributed by atoms with Crippen LogP contribution in [0.25, 0.3) is 9.88 Å². The highest BCUT2D eigenvalue weighted by molar-refractivity contribution is 7.23. The maximum absolute atomic E-state index is 12.5. The molecular weight excluding hydrogens is 376 g/mol. The number of aryl methyl sites for hydroxylation is 1. The molecule has 0 fully saturated rings. The summed E-state index contributed by atoms with van der Waals surface area (Å²) in [6.45, 7) is 0. The number of thiophene rings is 1. The van der Waals surface area contributed by atoms with Gasteiger partial charge in [-0.1, -0.05) is 11.6 Å². The van der Waals surface area contributed by atoms with Crippen LogP contribution in [0.1, 0.15) is 35.8 Å². The molecule has 3 aromatic rings. The van der Waals surface area contributed by atoms with Crippen molar-refractivity contribution in [3.63, 3.8) is 0 Å². The molecule has 0 saturated heterocycles. The lowest BCUT2D eigenvalue weighted by Gasteiger charge is -2.23. The molecule has 5 nitrogen and oxygen atoms in total. The summed E-state index contributed by atoms with van der Waals surface area (Å²) in [5, 5.41) is 10.3. The van der Waals surface area contributed by atoms with Crippen LogP contribution in [0.4, 0.5) is 0 Å². The highest BCUT2D eigenvalue weighted by Gasteiger charge is 2.25. The summed E-state index contributed by atoms with van der Waals surface area (Å²) in [7, 11) is 1.96. The lowest BCUT2D eigenvalue weighted by molar-refractivity contribution is -0.121. The third-order valence-corrected chi connectivity index (χ3v) is 6.68. The van der Waals surface area contributed by atoms with Gasteiger partial charge in [-0.25, -0.2) is 4.98 Å².